The number of phenols is 1. The normalized spacial score (nSPS) is 10.9. The first kappa shape index (κ1) is 26.9. The van der Waals surface area contributed by atoms with Crippen LogP contribution in [-0.2, 0) is 0 Å². The van der Waals surface area contributed by atoms with Gasteiger partial charge in [-0.05, 0) is 72.1 Å². The number of ether oxygens (including phenoxy) is 2. The number of methoxy groups -OCH3 is 2. The van der Waals surface area contributed by atoms with E-state index in [0.717, 1.165) is 0 Å². The number of benzene rings is 5. The number of nitrogens with one attached hydrogen (secondary N) is 2. The van der Waals surface area contributed by atoms with Crippen LogP contribution in [0.25, 0.3) is 10.8 Å². The molecule has 5 aromatic carbocycles. The first-order valence-corrected chi connectivity index (χ1v) is 12.6. The Balaban J connectivity index is 1.38. The summed E-state index contributed by atoms with van der Waals surface area (Å²) < 4.78 is 10.3. The number of amides is 2. The van der Waals surface area contributed by atoms with Crippen molar-refractivity contribution in [3.05, 3.63) is 114 Å². The molecule has 0 aliphatic rings. The molecule has 3 N–H and O–H groups in total. The van der Waals surface area contributed by atoms with Crippen LogP contribution in [0.15, 0.2) is 113 Å². The fourth-order valence-electron chi connectivity index (χ4n) is 4.16. The molecule has 0 atom stereocenters. The molecule has 0 saturated heterocycles. The molecule has 9 nitrogen and oxygen atoms in total. The molecule has 204 valence electrons. The largest absolute Gasteiger partial charge is 0.505 e. The van der Waals surface area contributed by atoms with Crippen LogP contribution < -0.4 is 20.1 Å². The van der Waals surface area contributed by atoms with Crippen molar-refractivity contribution in [2.75, 3.05) is 24.9 Å². The van der Waals surface area contributed by atoms with Crippen LogP contribution >= 0.6 is 0 Å². The Morgan fingerprint density at radius 3 is 2.12 bits per heavy atom. The molecule has 0 aliphatic carbocycles. The van der Waals surface area contributed by atoms with E-state index in [1.807, 2.05) is 18.2 Å². The van der Waals surface area contributed by atoms with Crippen molar-refractivity contribution < 1.29 is 24.2 Å². The summed E-state index contributed by atoms with van der Waals surface area (Å²) in [6.45, 7) is 0. The zero-order valence-electron chi connectivity index (χ0n) is 22.3. The van der Waals surface area contributed by atoms with E-state index >= 15 is 0 Å². The van der Waals surface area contributed by atoms with E-state index < -0.39 is 5.91 Å². The van der Waals surface area contributed by atoms with Crippen LogP contribution in [0.1, 0.15) is 20.7 Å². The van der Waals surface area contributed by atoms with Gasteiger partial charge in [-0.15, -0.1) is 5.11 Å². The number of hydrogen-bond donors (Lipinski definition) is 3. The second-order valence-corrected chi connectivity index (χ2v) is 8.96. The molecule has 0 heterocycles. The number of anilines is 2. The average Bonchev–Trinajstić information content (AvgIpc) is 3.01. The van der Waals surface area contributed by atoms with E-state index in [2.05, 4.69) is 20.9 Å². The Hall–Kier alpha value is -5.70. The van der Waals surface area contributed by atoms with Crippen molar-refractivity contribution in [1.29, 1.82) is 0 Å². The van der Waals surface area contributed by atoms with Gasteiger partial charge in [0.05, 0.1) is 25.5 Å². The monoisotopic (exact) mass is 546 g/mol. The van der Waals surface area contributed by atoms with Gasteiger partial charge in [0.25, 0.3) is 11.8 Å². The number of azo groups is 1. The van der Waals surface area contributed by atoms with E-state index in [0.29, 0.717) is 44.9 Å². The summed E-state index contributed by atoms with van der Waals surface area (Å²) in [6.07, 6.45) is 0. The molecule has 2 amide bonds. The summed E-state index contributed by atoms with van der Waals surface area (Å²) in [5, 5.41) is 26.6. The number of aromatic hydroxyl groups is 1. The molecule has 0 radical (unpaired) electrons. The highest BCUT2D eigenvalue weighted by Gasteiger charge is 2.19. The molecular formula is C32H26N4O5. The quantitative estimate of drug-likeness (QED) is 0.174. The van der Waals surface area contributed by atoms with E-state index in [-0.39, 0.29) is 22.9 Å². The SMILES string of the molecule is COc1ccc(NC(=O)c2cc3ccccc3c(N=Nc3ccc(C(=O)Nc4cccc(OC)c4)cc3)c2O)cc1. The highest BCUT2D eigenvalue weighted by atomic mass is 16.5. The average molecular weight is 547 g/mol. The van der Waals surface area contributed by atoms with Crippen LogP contribution in [-0.4, -0.2) is 31.1 Å². The fourth-order valence-corrected chi connectivity index (χ4v) is 4.16. The van der Waals surface area contributed by atoms with Crippen molar-refractivity contribution >= 4 is 45.3 Å². The highest BCUT2D eigenvalue weighted by molar-refractivity contribution is 6.11. The summed E-state index contributed by atoms with van der Waals surface area (Å²) >= 11 is 0. The van der Waals surface area contributed by atoms with Gasteiger partial charge in [0.2, 0.25) is 0 Å². The van der Waals surface area contributed by atoms with Crippen molar-refractivity contribution in [2.45, 2.75) is 0 Å². The molecular weight excluding hydrogens is 520 g/mol. The molecule has 0 fully saturated rings. The minimum absolute atomic E-state index is 0.0537. The van der Waals surface area contributed by atoms with Crippen LogP contribution in [0.3, 0.4) is 0 Å². The summed E-state index contributed by atoms with van der Waals surface area (Å²) in [6, 6.07) is 29.3. The van der Waals surface area contributed by atoms with Crippen molar-refractivity contribution in [1.82, 2.24) is 0 Å². The number of carbonyl (C=O) groups is 2. The first-order valence-electron chi connectivity index (χ1n) is 12.6. The number of rotatable bonds is 8. The van der Waals surface area contributed by atoms with Crippen LogP contribution in [0.4, 0.5) is 22.7 Å². The van der Waals surface area contributed by atoms with Crippen molar-refractivity contribution in [3.63, 3.8) is 0 Å². The minimum Gasteiger partial charge on any atom is -0.505 e. The van der Waals surface area contributed by atoms with E-state index in [1.165, 1.54) is 0 Å². The van der Waals surface area contributed by atoms with Crippen LogP contribution in [0.2, 0.25) is 0 Å². The first-order chi connectivity index (χ1) is 19.9. The lowest BCUT2D eigenvalue weighted by Crippen LogP contribution is -2.12. The molecule has 0 saturated carbocycles. The summed E-state index contributed by atoms with van der Waals surface area (Å²) in [4.78, 5) is 25.8. The molecule has 41 heavy (non-hydrogen) atoms. The minimum atomic E-state index is -0.499. The van der Waals surface area contributed by atoms with E-state index in [4.69, 9.17) is 9.47 Å². The Morgan fingerprint density at radius 2 is 1.39 bits per heavy atom. The molecule has 0 spiro atoms. The standard InChI is InChI=1S/C32H26N4O5/c1-40-25-16-14-22(15-17-25)33-32(39)28-18-21-6-3-4-9-27(21)29(30(28)37)36-35-23-12-10-20(11-13-23)31(38)34-24-7-5-8-26(19-24)41-2/h3-19,37H,1-2H3,(H,33,39)(H,34,38). The third-order valence-electron chi connectivity index (χ3n) is 6.31. The second-order valence-electron chi connectivity index (χ2n) is 8.96. The van der Waals surface area contributed by atoms with Gasteiger partial charge in [-0.2, -0.15) is 5.11 Å². The maximum absolute atomic E-state index is 13.1. The van der Waals surface area contributed by atoms with Gasteiger partial charge in [-0.3, -0.25) is 9.59 Å². The molecule has 0 aromatic heterocycles. The zero-order valence-corrected chi connectivity index (χ0v) is 22.3. The maximum atomic E-state index is 13.1. The lowest BCUT2D eigenvalue weighted by molar-refractivity contribution is 0.101. The second kappa shape index (κ2) is 12.0. The van der Waals surface area contributed by atoms with Gasteiger partial charge in [0.15, 0.2) is 5.75 Å². The van der Waals surface area contributed by atoms with Crippen LogP contribution in [0.5, 0.6) is 17.2 Å². The van der Waals surface area contributed by atoms with Crippen molar-refractivity contribution in [3.8, 4) is 17.2 Å². The fraction of sp³-hybridized carbons (Fsp3) is 0.0625. The van der Waals surface area contributed by atoms with Gasteiger partial charge in [0.1, 0.15) is 17.2 Å². The van der Waals surface area contributed by atoms with Crippen LogP contribution in [0, 0.1) is 0 Å². The van der Waals surface area contributed by atoms with Gasteiger partial charge in [-0.1, -0.05) is 30.3 Å². The Labute approximate surface area is 236 Å². The van der Waals surface area contributed by atoms with E-state index in [9.17, 15) is 14.7 Å². The smallest absolute Gasteiger partial charge is 0.259 e. The van der Waals surface area contributed by atoms with Gasteiger partial charge < -0.3 is 25.2 Å². The number of phenolic OH excluding ortho intramolecular Hbond substituents is 1. The predicted molar refractivity (Wildman–Crippen MR) is 158 cm³/mol. The molecule has 5 rings (SSSR count). The third kappa shape index (κ3) is 6.15. The third-order valence-corrected chi connectivity index (χ3v) is 6.31. The topological polar surface area (TPSA) is 122 Å². The van der Waals surface area contributed by atoms with Crippen molar-refractivity contribution in [2.24, 2.45) is 10.2 Å². The number of hydrogen-bond acceptors (Lipinski definition) is 7. The molecule has 5 aromatic rings. The summed E-state index contributed by atoms with van der Waals surface area (Å²) in [5.41, 5.74) is 2.25. The maximum Gasteiger partial charge on any atom is 0.259 e. The Bertz CT molecular complexity index is 1750. The Morgan fingerprint density at radius 1 is 0.683 bits per heavy atom. The predicted octanol–water partition coefficient (Wildman–Crippen LogP) is 7.48. The number of nitrogens with zero attached hydrogens (tertiary/aromatic N) is 2. The summed E-state index contributed by atoms with van der Waals surface area (Å²) in [5.74, 6) is 0.205. The molecule has 9 heteroatoms. The molecule has 0 bridgehead atoms. The lowest BCUT2D eigenvalue weighted by Gasteiger charge is -2.11. The zero-order chi connectivity index (χ0) is 28.8. The lowest BCUT2D eigenvalue weighted by atomic mass is 10.0. The molecule has 0 aliphatic heterocycles. The summed E-state index contributed by atoms with van der Waals surface area (Å²) in [7, 11) is 3.12. The van der Waals surface area contributed by atoms with Gasteiger partial charge in [-0.25, -0.2) is 0 Å². The highest BCUT2D eigenvalue weighted by Crippen LogP contribution is 2.39. The van der Waals surface area contributed by atoms with E-state index in [1.54, 1.807) is 99.1 Å². The van der Waals surface area contributed by atoms with Gasteiger partial charge in [0, 0.05) is 28.4 Å². The van der Waals surface area contributed by atoms with Gasteiger partial charge >= 0.3 is 0 Å². The number of carbonyl (C=O) groups excluding carboxylic acids is 2. The Kier molecular flexibility index (Phi) is 7.87. The number of fused-ring (bicyclic) bond motifs is 1. The molecule has 0 unspecified atom stereocenters.